The van der Waals surface area contributed by atoms with Crippen molar-refractivity contribution in [2.45, 2.75) is 18.9 Å². The van der Waals surface area contributed by atoms with Crippen molar-refractivity contribution in [1.82, 2.24) is 4.57 Å². The fourth-order valence-corrected chi connectivity index (χ4v) is 6.06. The summed E-state index contributed by atoms with van der Waals surface area (Å²) in [5, 5.41) is 0. The van der Waals surface area contributed by atoms with Gasteiger partial charge in [0, 0.05) is 5.56 Å². The Morgan fingerprint density at radius 2 is 1.78 bits per heavy atom. The lowest BCUT2D eigenvalue weighted by atomic mass is 9.83. The minimum Gasteiger partial charge on any atom is -0.493 e. The molecule has 180 valence electrons. The number of allylic oxidation sites excluding steroid dienone is 1. The predicted molar refractivity (Wildman–Crippen MR) is 139 cm³/mol. The van der Waals surface area contributed by atoms with Crippen molar-refractivity contribution in [1.29, 1.82) is 0 Å². The summed E-state index contributed by atoms with van der Waals surface area (Å²) in [5.41, 5.74) is 5.94. The molecule has 1 unspecified atom stereocenters. The lowest BCUT2D eigenvalue weighted by Gasteiger charge is -2.30. The lowest BCUT2D eigenvalue weighted by molar-refractivity contribution is 0.355. The number of fused-ring (bicyclic) bond motifs is 3. The molecule has 0 amide bonds. The van der Waals surface area contributed by atoms with Crippen molar-refractivity contribution < 1.29 is 13.9 Å². The van der Waals surface area contributed by atoms with Gasteiger partial charge in [-0.1, -0.05) is 53.8 Å². The topological polar surface area (TPSA) is 52.8 Å². The molecule has 6 rings (SSSR count). The normalized spacial score (nSPS) is 16.6. The Hall–Kier alpha value is -3.97. The van der Waals surface area contributed by atoms with Gasteiger partial charge in [0.05, 0.1) is 30.5 Å². The molecule has 0 fully saturated rings. The van der Waals surface area contributed by atoms with Crippen molar-refractivity contribution in [3.05, 3.63) is 120 Å². The van der Waals surface area contributed by atoms with Gasteiger partial charge in [0.25, 0.3) is 5.56 Å². The van der Waals surface area contributed by atoms with Crippen LogP contribution >= 0.6 is 11.3 Å². The molecule has 1 aromatic heterocycles. The second-order valence-electron chi connectivity index (χ2n) is 8.78. The highest BCUT2D eigenvalue weighted by molar-refractivity contribution is 7.07. The molecule has 2 aliphatic rings. The van der Waals surface area contributed by atoms with Gasteiger partial charge in [-0.3, -0.25) is 9.36 Å². The molecular weight excluding hydrogens is 475 g/mol. The molecule has 0 saturated carbocycles. The maximum atomic E-state index is 13.8. The molecule has 2 heterocycles. The number of ether oxygens (including phenoxy) is 2. The molecule has 36 heavy (non-hydrogen) atoms. The Kier molecular flexibility index (Phi) is 5.57. The molecule has 3 aromatic carbocycles. The average molecular weight is 499 g/mol. The standard InChI is InChI=1S/C29H23FN2O3S/c1-34-23-14-7-17(15-24(23)35-2)16-25-28(33)32-27(19-8-11-20(30)12-9-19)22-13-10-18-5-3-4-6-21(18)26(22)31-29(32)36-25/h3-9,11-12,14-16,27H,10,13H2,1-2H3. The first-order valence-electron chi connectivity index (χ1n) is 11.7. The number of methoxy groups -OCH3 is 2. The van der Waals surface area contributed by atoms with Crippen LogP contribution in [-0.2, 0) is 6.42 Å². The van der Waals surface area contributed by atoms with Crippen LogP contribution in [0.2, 0.25) is 0 Å². The van der Waals surface area contributed by atoms with Crippen molar-refractivity contribution in [2.75, 3.05) is 14.2 Å². The van der Waals surface area contributed by atoms with Crippen molar-refractivity contribution >= 4 is 23.1 Å². The van der Waals surface area contributed by atoms with Gasteiger partial charge in [-0.15, -0.1) is 0 Å². The molecule has 4 aromatic rings. The molecule has 1 aliphatic carbocycles. The number of thiazole rings is 1. The number of hydrogen-bond acceptors (Lipinski definition) is 5. The lowest BCUT2D eigenvalue weighted by Crippen LogP contribution is -2.38. The van der Waals surface area contributed by atoms with E-state index in [1.54, 1.807) is 30.9 Å². The number of hydrogen-bond donors (Lipinski definition) is 0. The highest BCUT2D eigenvalue weighted by Gasteiger charge is 2.32. The van der Waals surface area contributed by atoms with E-state index in [1.807, 2.05) is 36.4 Å². The Morgan fingerprint density at radius 3 is 2.56 bits per heavy atom. The average Bonchev–Trinajstić information content (AvgIpc) is 3.22. The van der Waals surface area contributed by atoms with E-state index in [0.29, 0.717) is 20.8 Å². The van der Waals surface area contributed by atoms with Crippen molar-refractivity contribution in [3.8, 4) is 11.5 Å². The molecule has 0 saturated heterocycles. The van der Waals surface area contributed by atoms with Crippen LogP contribution < -0.4 is 24.4 Å². The van der Waals surface area contributed by atoms with E-state index in [9.17, 15) is 9.18 Å². The Morgan fingerprint density at radius 1 is 1.00 bits per heavy atom. The quantitative estimate of drug-likeness (QED) is 0.417. The number of nitrogens with zero attached hydrogens (tertiary/aromatic N) is 2. The largest absolute Gasteiger partial charge is 0.493 e. The Bertz CT molecular complexity index is 1700. The van der Waals surface area contributed by atoms with Crippen LogP contribution in [0.25, 0.3) is 11.8 Å². The first-order chi connectivity index (χ1) is 17.6. The minimum atomic E-state index is -0.335. The molecule has 0 radical (unpaired) electrons. The molecule has 1 atom stereocenters. The van der Waals surface area contributed by atoms with Gasteiger partial charge < -0.3 is 9.47 Å². The van der Waals surface area contributed by atoms with Gasteiger partial charge in [0.2, 0.25) is 0 Å². The van der Waals surface area contributed by atoms with E-state index >= 15 is 0 Å². The Balaban J connectivity index is 1.58. The van der Waals surface area contributed by atoms with Crippen LogP contribution in [0.3, 0.4) is 0 Å². The number of aromatic nitrogens is 1. The SMILES string of the molecule is COc1ccc(C=c2sc3n(c2=O)C(c2ccc(F)cc2)C2=C(N=3)c3ccccc3CC2)cc1OC. The summed E-state index contributed by atoms with van der Waals surface area (Å²) in [7, 11) is 3.17. The van der Waals surface area contributed by atoms with Gasteiger partial charge >= 0.3 is 0 Å². The maximum absolute atomic E-state index is 13.8. The first kappa shape index (κ1) is 22.5. The second-order valence-corrected chi connectivity index (χ2v) is 9.79. The highest BCUT2D eigenvalue weighted by Crippen LogP contribution is 2.41. The summed E-state index contributed by atoms with van der Waals surface area (Å²) in [6, 6.07) is 19.9. The molecule has 7 heteroatoms. The molecular formula is C29H23FN2O3S. The summed E-state index contributed by atoms with van der Waals surface area (Å²) in [6.07, 6.45) is 3.51. The van der Waals surface area contributed by atoms with Crippen LogP contribution in [0.1, 0.15) is 34.7 Å². The van der Waals surface area contributed by atoms with Gasteiger partial charge in [-0.25, -0.2) is 9.38 Å². The summed E-state index contributed by atoms with van der Waals surface area (Å²) >= 11 is 1.36. The maximum Gasteiger partial charge on any atom is 0.271 e. The monoisotopic (exact) mass is 498 g/mol. The molecule has 0 N–H and O–H groups in total. The molecule has 5 nitrogen and oxygen atoms in total. The van der Waals surface area contributed by atoms with Crippen molar-refractivity contribution in [2.24, 2.45) is 4.99 Å². The number of aryl methyl sites for hydroxylation is 1. The molecule has 0 bridgehead atoms. The van der Waals surface area contributed by atoms with Gasteiger partial charge in [-0.2, -0.15) is 0 Å². The van der Waals surface area contributed by atoms with Crippen molar-refractivity contribution in [3.63, 3.8) is 0 Å². The predicted octanol–water partition coefficient (Wildman–Crippen LogP) is 4.48. The third-order valence-corrected chi connectivity index (χ3v) is 7.75. The van der Waals surface area contributed by atoms with Crippen LogP contribution in [0.5, 0.6) is 11.5 Å². The van der Waals surface area contributed by atoms with Crippen LogP contribution in [0.4, 0.5) is 4.39 Å². The molecule has 0 spiro atoms. The fourth-order valence-electron chi connectivity index (χ4n) is 5.06. The zero-order chi connectivity index (χ0) is 24.8. The third-order valence-electron chi connectivity index (χ3n) is 6.76. The van der Waals surface area contributed by atoms with Gasteiger partial charge in [0.1, 0.15) is 5.82 Å². The number of halogens is 1. The van der Waals surface area contributed by atoms with Gasteiger partial charge in [0.15, 0.2) is 16.3 Å². The fraction of sp³-hybridized carbons (Fsp3) is 0.172. The summed E-state index contributed by atoms with van der Waals surface area (Å²) in [5.74, 6) is 0.914. The Labute approximate surface area is 211 Å². The first-order valence-corrected chi connectivity index (χ1v) is 12.5. The van der Waals surface area contributed by atoms with Crippen LogP contribution in [0, 0.1) is 5.82 Å². The summed E-state index contributed by atoms with van der Waals surface area (Å²) in [6.45, 7) is 0. The zero-order valence-electron chi connectivity index (χ0n) is 19.8. The van der Waals surface area contributed by atoms with E-state index in [-0.39, 0.29) is 17.4 Å². The zero-order valence-corrected chi connectivity index (χ0v) is 20.6. The van der Waals surface area contributed by atoms with E-state index in [0.717, 1.165) is 40.8 Å². The van der Waals surface area contributed by atoms with Gasteiger partial charge in [-0.05, 0) is 65.4 Å². The minimum absolute atomic E-state index is 0.117. The number of benzene rings is 3. The number of rotatable bonds is 4. The van der Waals surface area contributed by atoms with E-state index in [2.05, 4.69) is 12.1 Å². The summed E-state index contributed by atoms with van der Waals surface area (Å²) in [4.78, 5) is 19.4. The highest BCUT2D eigenvalue weighted by atomic mass is 32.1. The van der Waals surface area contributed by atoms with E-state index in [1.165, 1.54) is 29.0 Å². The van der Waals surface area contributed by atoms with Crippen LogP contribution in [-0.4, -0.2) is 18.8 Å². The van der Waals surface area contributed by atoms with Crippen LogP contribution in [0.15, 0.2) is 82.1 Å². The third kappa shape index (κ3) is 3.67. The van der Waals surface area contributed by atoms with E-state index in [4.69, 9.17) is 14.5 Å². The van der Waals surface area contributed by atoms with E-state index < -0.39 is 0 Å². The molecule has 1 aliphatic heterocycles. The second kappa shape index (κ2) is 8.91. The smallest absolute Gasteiger partial charge is 0.271 e. The summed E-state index contributed by atoms with van der Waals surface area (Å²) < 4.78 is 26.9.